The Bertz CT molecular complexity index is 594. The van der Waals surface area contributed by atoms with Crippen LogP contribution in [0.15, 0.2) is 30.5 Å². The molecule has 0 saturated carbocycles. The van der Waals surface area contributed by atoms with Gasteiger partial charge in [-0.15, -0.1) is 0 Å². The summed E-state index contributed by atoms with van der Waals surface area (Å²) in [6, 6.07) is 7.63. The van der Waals surface area contributed by atoms with Crippen LogP contribution in [0, 0.1) is 13.8 Å². The molecule has 0 spiro atoms. The van der Waals surface area contributed by atoms with Crippen LogP contribution in [-0.4, -0.2) is 10.5 Å². The molecule has 1 aromatic carbocycles. The molecule has 0 atom stereocenters. The molecular weight excluding hydrogens is 240 g/mol. The Kier molecular flexibility index (Phi) is 3.60. The van der Waals surface area contributed by atoms with Gasteiger partial charge >= 0.3 is 5.97 Å². The van der Waals surface area contributed by atoms with E-state index in [0.29, 0.717) is 11.4 Å². The summed E-state index contributed by atoms with van der Waals surface area (Å²) in [5, 5.41) is 0. The molecule has 2 rings (SSSR count). The lowest BCUT2D eigenvalue weighted by molar-refractivity contribution is 0.0460. The van der Waals surface area contributed by atoms with Gasteiger partial charge in [0.15, 0.2) is 0 Å². The van der Waals surface area contributed by atoms with Gasteiger partial charge in [0.1, 0.15) is 12.3 Å². The minimum absolute atomic E-state index is 0.280. The minimum Gasteiger partial charge on any atom is -0.456 e. The number of anilines is 1. The van der Waals surface area contributed by atoms with E-state index >= 15 is 0 Å². The zero-order valence-electron chi connectivity index (χ0n) is 11.4. The first-order valence-corrected chi connectivity index (χ1v) is 6.13. The normalized spacial score (nSPS) is 10.5. The lowest BCUT2D eigenvalue weighted by atomic mass is 10.0. The average Bonchev–Trinajstić information content (AvgIpc) is 2.67. The van der Waals surface area contributed by atoms with Gasteiger partial charge in [0.25, 0.3) is 0 Å². The second-order valence-corrected chi connectivity index (χ2v) is 4.72. The summed E-state index contributed by atoms with van der Waals surface area (Å²) in [5.41, 5.74) is 9.97. The Morgan fingerprint density at radius 1 is 1.32 bits per heavy atom. The number of nitrogens with zero attached hydrogens (tertiary/aromatic N) is 1. The van der Waals surface area contributed by atoms with Crippen LogP contribution in [0.2, 0.25) is 0 Å². The molecule has 0 aliphatic rings. The van der Waals surface area contributed by atoms with Gasteiger partial charge in [0.05, 0.1) is 5.69 Å². The molecule has 0 amide bonds. The molecule has 1 aromatic heterocycles. The number of hydrogen-bond donors (Lipinski definition) is 1. The largest absolute Gasteiger partial charge is 0.456 e. The molecule has 0 bridgehead atoms. The molecule has 2 N–H and O–H groups in total. The van der Waals surface area contributed by atoms with E-state index in [1.165, 1.54) is 0 Å². The number of carbonyl (C=O) groups excluding carboxylic acids is 1. The summed E-state index contributed by atoms with van der Waals surface area (Å²) < 4.78 is 7.02. The number of nitrogen functional groups attached to an aromatic ring is 1. The van der Waals surface area contributed by atoms with E-state index in [4.69, 9.17) is 10.5 Å². The van der Waals surface area contributed by atoms with Crippen LogP contribution in [-0.2, 0) is 18.4 Å². The molecule has 4 nitrogen and oxygen atoms in total. The third-order valence-electron chi connectivity index (χ3n) is 3.23. The lowest BCUT2D eigenvalue weighted by Crippen LogP contribution is -2.10. The molecule has 0 radical (unpaired) electrons. The first-order chi connectivity index (χ1) is 8.99. The maximum absolute atomic E-state index is 12.0. The highest BCUT2D eigenvalue weighted by atomic mass is 16.5. The van der Waals surface area contributed by atoms with E-state index in [1.54, 1.807) is 23.9 Å². The fourth-order valence-corrected chi connectivity index (χ4v) is 2.08. The van der Waals surface area contributed by atoms with Gasteiger partial charge in [0, 0.05) is 13.2 Å². The van der Waals surface area contributed by atoms with Crippen molar-refractivity contribution in [3.63, 3.8) is 0 Å². The van der Waals surface area contributed by atoms with Crippen molar-refractivity contribution in [2.24, 2.45) is 7.05 Å². The van der Waals surface area contributed by atoms with Gasteiger partial charge in [-0.25, -0.2) is 4.79 Å². The van der Waals surface area contributed by atoms with Gasteiger partial charge in [0.2, 0.25) is 0 Å². The Morgan fingerprint density at radius 2 is 1.95 bits per heavy atom. The van der Waals surface area contributed by atoms with Crippen LogP contribution in [0.4, 0.5) is 5.69 Å². The molecule has 1 heterocycles. The molecule has 0 saturated heterocycles. The summed E-state index contributed by atoms with van der Waals surface area (Å²) in [6.45, 7) is 4.30. The lowest BCUT2D eigenvalue weighted by Gasteiger charge is -2.10. The number of aryl methyl sites for hydroxylation is 3. The monoisotopic (exact) mass is 258 g/mol. The SMILES string of the molecule is Cc1cccc(C)c1COC(=O)c1cc(N)cn1C. The quantitative estimate of drug-likeness (QED) is 0.861. The van der Waals surface area contributed by atoms with E-state index in [2.05, 4.69) is 0 Å². The third-order valence-corrected chi connectivity index (χ3v) is 3.23. The molecular formula is C15H18N2O2. The van der Waals surface area contributed by atoms with E-state index < -0.39 is 0 Å². The molecule has 0 fully saturated rings. The van der Waals surface area contributed by atoms with Gasteiger partial charge in [-0.2, -0.15) is 0 Å². The number of nitrogens with two attached hydrogens (primary N) is 1. The van der Waals surface area contributed by atoms with Gasteiger partial charge in [-0.05, 0) is 36.6 Å². The van der Waals surface area contributed by atoms with Crippen molar-refractivity contribution in [3.8, 4) is 0 Å². The molecule has 0 aliphatic carbocycles. The zero-order chi connectivity index (χ0) is 14.0. The Morgan fingerprint density at radius 3 is 2.47 bits per heavy atom. The molecule has 100 valence electrons. The molecule has 2 aromatic rings. The van der Waals surface area contributed by atoms with Crippen molar-refractivity contribution < 1.29 is 9.53 Å². The number of ether oxygens (including phenoxy) is 1. The third kappa shape index (κ3) is 2.78. The minimum atomic E-state index is -0.359. The first kappa shape index (κ1) is 13.2. The summed E-state index contributed by atoms with van der Waals surface area (Å²) in [7, 11) is 1.77. The van der Waals surface area contributed by atoms with Gasteiger partial charge in [-0.3, -0.25) is 0 Å². The average molecular weight is 258 g/mol. The summed E-state index contributed by atoms with van der Waals surface area (Å²) in [5.74, 6) is -0.359. The number of carbonyl (C=O) groups is 1. The summed E-state index contributed by atoms with van der Waals surface area (Å²) >= 11 is 0. The van der Waals surface area contributed by atoms with Crippen molar-refractivity contribution in [1.29, 1.82) is 0 Å². The van der Waals surface area contributed by atoms with Crippen molar-refractivity contribution in [1.82, 2.24) is 4.57 Å². The fraction of sp³-hybridized carbons (Fsp3) is 0.267. The maximum atomic E-state index is 12.0. The van der Waals surface area contributed by atoms with Crippen LogP contribution in [0.3, 0.4) is 0 Å². The van der Waals surface area contributed by atoms with Gasteiger partial charge < -0.3 is 15.0 Å². The van der Waals surface area contributed by atoms with Crippen LogP contribution >= 0.6 is 0 Å². The highest BCUT2D eigenvalue weighted by Crippen LogP contribution is 2.16. The fourth-order valence-electron chi connectivity index (χ4n) is 2.08. The van der Waals surface area contributed by atoms with E-state index in [1.807, 2.05) is 32.0 Å². The second-order valence-electron chi connectivity index (χ2n) is 4.72. The summed E-state index contributed by atoms with van der Waals surface area (Å²) in [6.07, 6.45) is 1.69. The molecule has 0 aliphatic heterocycles. The zero-order valence-corrected chi connectivity index (χ0v) is 11.4. The van der Waals surface area contributed by atoms with Crippen LogP contribution in [0.25, 0.3) is 0 Å². The molecule has 19 heavy (non-hydrogen) atoms. The number of aromatic nitrogens is 1. The number of rotatable bonds is 3. The van der Waals surface area contributed by atoms with E-state index in [9.17, 15) is 4.79 Å². The molecule has 0 unspecified atom stereocenters. The van der Waals surface area contributed by atoms with Crippen molar-refractivity contribution in [2.75, 3.05) is 5.73 Å². The van der Waals surface area contributed by atoms with Crippen LogP contribution in [0.5, 0.6) is 0 Å². The Hall–Kier alpha value is -2.23. The highest BCUT2D eigenvalue weighted by molar-refractivity contribution is 5.89. The summed E-state index contributed by atoms with van der Waals surface area (Å²) in [4.78, 5) is 12.0. The maximum Gasteiger partial charge on any atom is 0.355 e. The smallest absolute Gasteiger partial charge is 0.355 e. The highest BCUT2D eigenvalue weighted by Gasteiger charge is 2.13. The van der Waals surface area contributed by atoms with Crippen molar-refractivity contribution >= 4 is 11.7 Å². The number of esters is 1. The Labute approximate surface area is 112 Å². The standard InChI is InChI=1S/C15H18N2O2/c1-10-5-4-6-11(2)13(10)9-19-15(18)14-7-12(16)8-17(14)3/h4-8H,9,16H2,1-3H3. The predicted octanol–water partition coefficient (Wildman–Crippen LogP) is 2.58. The number of hydrogen-bond acceptors (Lipinski definition) is 3. The predicted molar refractivity (Wildman–Crippen MR) is 74.9 cm³/mol. The van der Waals surface area contributed by atoms with Crippen LogP contribution < -0.4 is 5.73 Å². The first-order valence-electron chi connectivity index (χ1n) is 6.13. The van der Waals surface area contributed by atoms with Crippen LogP contribution in [0.1, 0.15) is 27.2 Å². The van der Waals surface area contributed by atoms with E-state index in [-0.39, 0.29) is 12.6 Å². The van der Waals surface area contributed by atoms with E-state index in [0.717, 1.165) is 16.7 Å². The van der Waals surface area contributed by atoms with Gasteiger partial charge in [-0.1, -0.05) is 18.2 Å². The topological polar surface area (TPSA) is 57.2 Å². The van der Waals surface area contributed by atoms with Crippen molar-refractivity contribution in [3.05, 3.63) is 52.8 Å². The number of benzene rings is 1. The Balaban J connectivity index is 2.11. The second kappa shape index (κ2) is 5.18. The molecule has 4 heteroatoms. The van der Waals surface area contributed by atoms with Crippen molar-refractivity contribution in [2.45, 2.75) is 20.5 Å².